The van der Waals surface area contributed by atoms with Gasteiger partial charge < -0.3 is 4.74 Å². The molecule has 0 aliphatic heterocycles. The molecule has 0 heterocycles. The first-order chi connectivity index (χ1) is 23.3. The maximum absolute atomic E-state index is 6.45. The lowest BCUT2D eigenvalue weighted by molar-refractivity contribution is 0.473. The summed E-state index contributed by atoms with van der Waals surface area (Å²) in [6.45, 7) is 4.60. The van der Waals surface area contributed by atoms with Crippen LogP contribution in [0.25, 0.3) is 0 Å². The van der Waals surface area contributed by atoms with Crippen LogP contribution in [-0.2, 0) is 12.8 Å². The van der Waals surface area contributed by atoms with E-state index in [9.17, 15) is 0 Å². The highest BCUT2D eigenvalue weighted by Gasteiger charge is 2.06. The van der Waals surface area contributed by atoms with Gasteiger partial charge in [-0.2, -0.15) is 0 Å². The van der Waals surface area contributed by atoms with Crippen LogP contribution in [0.15, 0.2) is 48.5 Å². The molecule has 0 saturated carbocycles. The number of hydrogen-bond acceptors (Lipinski definition) is 1. The highest BCUT2D eigenvalue weighted by molar-refractivity contribution is 5.39. The third kappa shape index (κ3) is 24.1. The molecule has 0 bridgehead atoms. The zero-order chi connectivity index (χ0) is 33.3. The molecule has 0 radical (unpaired) electrons. The minimum absolute atomic E-state index is 0.993. The van der Waals surface area contributed by atoms with Gasteiger partial charge in [-0.1, -0.05) is 224 Å². The highest BCUT2D eigenvalue weighted by Crippen LogP contribution is 2.28. The molecule has 1 heteroatoms. The van der Waals surface area contributed by atoms with E-state index in [4.69, 9.17) is 4.74 Å². The van der Waals surface area contributed by atoms with Crippen molar-refractivity contribution in [2.75, 3.05) is 0 Å². The summed E-state index contributed by atoms with van der Waals surface area (Å²) in [5.74, 6) is 2.04. The molecule has 0 N–H and O–H groups in total. The maximum atomic E-state index is 6.45. The molecule has 268 valence electrons. The van der Waals surface area contributed by atoms with Crippen molar-refractivity contribution >= 4 is 0 Å². The van der Waals surface area contributed by atoms with Crippen molar-refractivity contribution in [3.8, 4) is 11.5 Å². The van der Waals surface area contributed by atoms with Gasteiger partial charge in [0.2, 0.25) is 0 Å². The zero-order valence-corrected chi connectivity index (χ0v) is 31.7. The van der Waals surface area contributed by atoms with Gasteiger partial charge in [0.05, 0.1) is 0 Å². The molecule has 0 aliphatic carbocycles. The molecule has 1 nitrogen and oxygen atoms in total. The largest absolute Gasteiger partial charge is 0.457 e. The molecule has 0 spiro atoms. The van der Waals surface area contributed by atoms with E-state index < -0.39 is 0 Å². The predicted octanol–water partition coefficient (Wildman–Crippen LogP) is 16.3. The summed E-state index contributed by atoms with van der Waals surface area (Å²) < 4.78 is 6.45. The molecule has 0 aliphatic rings. The van der Waals surface area contributed by atoms with Crippen molar-refractivity contribution in [1.29, 1.82) is 0 Å². The summed E-state index contributed by atoms with van der Waals surface area (Å²) >= 11 is 0. The van der Waals surface area contributed by atoms with Crippen LogP contribution in [0.3, 0.4) is 0 Å². The van der Waals surface area contributed by atoms with Crippen molar-refractivity contribution in [3.05, 3.63) is 59.7 Å². The quantitative estimate of drug-likeness (QED) is 0.0687. The Morgan fingerprint density at radius 1 is 0.362 bits per heavy atom. The van der Waals surface area contributed by atoms with E-state index in [0.717, 1.165) is 24.3 Å². The number of rotatable bonds is 34. The number of hydrogen-bond donors (Lipinski definition) is 0. The lowest BCUT2D eigenvalue weighted by atomic mass is 10.0. The average molecular weight is 647 g/mol. The fraction of sp³-hybridized carbons (Fsp3) is 0.739. The van der Waals surface area contributed by atoms with E-state index in [1.54, 1.807) is 0 Å². The fourth-order valence-corrected chi connectivity index (χ4v) is 7.09. The molecule has 47 heavy (non-hydrogen) atoms. The van der Waals surface area contributed by atoms with Crippen LogP contribution in [0.5, 0.6) is 11.5 Å². The molecular weight excluding hydrogens is 569 g/mol. The van der Waals surface area contributed by atoms with Gasteiger partial charge in [0, 0.05) is 0 Å². The van der Waals surface area contributed by atoms with Crippen LogP contribution in [0.4, 0.5) is 0 Å². The Bertz CT molecular complexity index is 932. The first-order valence-corrected chi connectivity index (χ1v) is 21.2. The number of aryl methyl sites for hydroxylation is 2. The van der Waals surface area contributed by atoms with Crippen molar-refractivity contribution in [3.63, 3.8) is 0 Å². The number of para-hydroxylation sites is 1. The van der Waals surface area contributed by atoms with Gasteiger partial charge in [-0.15, -0.1) is 0 Å². The molecule has 0 fully saturated rings. The third-order valence-electron chi connectivity index (χ3n) is 10.2. The van der Waals surface area contributed by atoms with E-state index >= 15 is 0 Å². The van der Waals surface area contributed by atoms with Crippen molar-refractivity contribution in [2.45, 2.75) is 219 Å². The Morgan fingerprint density at radius 2 is 0.745 bits per heavy atom. The van der Waals surface area contributed by atoms with Gasteiger partial charge in [-0.25, -0.2) is 0 Å². The number of ether oxygens (including phenoxy) is 1. The van der Waals surface area contributed by atoms with Gasteiger partial charge >= 0.3 is 0 Å². The average Bonchev–Trinajstić information content (AvgIpc) is 3.09. The Labute approximate surface area is 294 Å². The first kappa shape index (κ1) is 41.4. The SMILES string of the molecule is CCCCCCCCCCCCCCCCCc1cccc(Oc2ccccc2CCCCCCCCCCCCCCCCC)c1. The van der Waals surface area contributed by atoms with Gasteiger partial charge in [0.25, 0.3) is 0 Å². The van der Waals surface area contributed by atoms with E-state index in [1.165, 1.54) is 204 Å². The second kappa shape index (κ2) is 31.5. The molecule has 0 aromatic heterocycles. The molecule has 0 saturated heterocycles. The Morgan fingerprint density at radius 3 is 1.19 bits per heavy atom. The van der Waals surface area contributed by atoms with Crippen LogP contribution >= 0.6 is 0 Å². The number of unbranched alkanes of at least 4 members (excludes halogenated alkanes) is 28. The van der Waals surface area contributed by atoms with Gasteiger partial charge in [0.15, 0.2) is 0 Å². The van der Waals surface area contributed by atoms with Gasteiger partial charge in [-0.05, 0) is 55.0 Å². The summed E-state index contributed by atoms with van der Waals surface area (Å²) in [7, 11) is 0. The predicted molar refractivity (Wildman–Crippen MR) is 210 cm³/mol. The lowest BCUT2D eigenvalue weighted by Gasteiger charge is -2.12. The second-order valence-corrected chi connectivity index (χ2v) is 14.8. The summed E-state index contributed by atoms with van der Waals surface area (Å²) in [6, 6.07) is 17.5. The normalized spacial score (nSPS) is 11.4. The van der Waals surface area contributed by atoms with E-state index in [0.29, 0.717) is 0 Å². The lowest BCUT2D eigenvalue weighted by Crippen LogP contribution is -1.94. The summed E-state index contributed by atoms with van der Waals surface area (Å²) in [5, 5.41) is 0. The molecule has 2 aromatic rings. The zero-order valence-electron chi connectivity index (χ0n) is 31.7. The molecule has 0 amide bonds. The molecule has 0 unspecified atom stereocenters. The molecule has 0 atom stereocenters. The standard InChI is InChI=1S/C46H78O/c1-3-5-7-9-11-13-15-17-19-21-23-25-27-29-31-36-43-37-35-40-45(42-43)47-46-41-34-33-39-44(46)38-32-30-28-26-24-22-20-18-16-14-12-10-8-6-4-2/h33-35,37,39-42H,3-32,36,38H2,1-2H3. The van der Waals surface area contributed by atoms with E-state index in [-0.39, 0.29) is 0 Å². The Hall–Kier alpha value is -1.76. The van der Waals surface area contributed by atoms with E-state index in [2.05, 4.69) is 62.4 Å². The van der Waals surface area contributed by atoms with Crippen molar-refractivity contribution in [1.82, 2.24) is 0 Å². The highest BCUT2D eigenvalue weighted by atomic mass is 16.5. The topological polar surface area (TPSA) is 9.23 Å². The third-order valence-corrected chi connectivity index (χ3v) is 10.2. The van der Waals surface area contributed by atoms with Crippen molar-refractivity contribution in [2.24, 2.45) is 0 Å². The molecular formula is C46H78O. The smallest absolute Gasteiger partial charge is 0.130 e. The van der Waals surface area contributed by atoms with Gasteiger partial charge in [-0.3, -0.25) is 0 Å². The monoisotopic (exact) mass is 647 g/mol. The maximum Gasteiger partial charge on any atom is 0.130 e. The fourth-order valence-electron chi connectivity index (χ4n) is 7.09. The summed E-state index contributed by atoms with van der Waals surface area (Å²) in [5.41, 5.74) is 2.77. The second-order valence-electron chi connectivity index (χ2n) is 14.8. The van der Waals surface area contributed by atoms with Crippen LogP contribution in [0, 0.1) is 0 Å². The summed E-state index contributed by atoms with van der Waals surface area (Å²) in [4.78, 5) is 0. The van der Waals surface area contributed by atoms with Gasteiger partial charge in [0.1, 0.15) is 11.5 Å². The first-order valence-electron chi connectivity index (χ1n) is 21.2. The van der Waals surface area contributed by atoms with Crippen molar-refractivity contribution < 1.29 is 4.74 Å². The minimum atomic E-state index is 0.993. The Balaban J connectivity index is 1.49. The minimum Gasteiger partial charge on any atom is -0.457 e. The van der Waals surface area contributed by atoms with E-state index in [1.807, 2.05) is 0 Å². The van der Waals surface area contributed by atoms with Crippen LogP contribution in [0.2, 0.25) is 0 Å². The molecule has 2 rings (SSSR count). The number of benzene rings is 2. The van der Waals surface area contributed by atoms with Crippen LogP contribution < -0.4 is 4.74 Å². The van der Waals surface area contributed by atoms with Crippen LogP contribution in [-0.4, -0.2) is 0 Å². The molecule has 2 aromatic carbocycles. The van der Waals surface area contributed by atoms with Crippen LogP contribution in [0.1, 0.15) is 218 Å². The Kier molecular flexibility index (Phi) is 27.8. The summed E-state index contributed by atoms with van der Waals surface area (Å²) in [6.07, 6.45) is 44.8.